The summed E-state index contributed by atoms with van der Waals surface area (Å²) < 4.78 is 39.9. The van der Waals surface area contributed by atoms with Crippen LogP contribution >= 0.6 is 0 Å². The van der Waals surface area contributed by atoms with E-state index < -0.39 is 12.0 Å². The molecule has 3 aromatic rings. The molecule has 0 aromatic carbocycles. The van der Waals surface area contributed by atoms with Crippen LogP contribution in [0.25, 0.3) is 5.65 Å². The molecule has 1 aliphatic heterocycles. The van der Waals surface area contributed by atoms with E-state index in [1.165, 1.54) is 6.07 Å². The molecule has 4 rings (SSSR count). The molecule has 11 heteroatoms. The van der Waals surface area contributed by atoms with Gasteiger partial charge in [0.15, 0.2) is 5.65 Å². The lowest BCUT2D eigenvalue weighted by atomic mass is 9.95. The molecule has 0 spiro atoms. The van der Waals surface area contributed by atoms with E-state index in [2.05, 4.69) is 25.6 Å². The molecule has 0 aliphatic carbocycles. The molecule has 0 bridgehead atoms. The Kier molecular flexibility index (Phi) is 5.27. The van der Waals surface area contributed by atoms with Crippen molar-refractivity contribution in [3.8, 4) is 0 Å². The van der Waals surface area contributed by atoms with Gasteiger partial charge in [0.05, 0.1) is 6.04 Å². The minimum atomic E-state index is -4.64. The van der Waals surface area contributed by atoms with Crippen molar-refractivity contribution in [1.82, 2.24) is 30.1 Å². The molecule has 4 heterocycles. The molecule has 8 nitrogen and oxygen atoms in total. The number of anilines is 1. The van der Waals surface area contributed by atoms with E-state index in [1.54, 1.807) is 18.5 Å². The van der Waals surface area contributed by atoms with Gasteiger partial charge in [-0.1, -0.05) is 0 Å². The van der Waals surface area contributed by atoms with Gasteiger partial charge in [0, 0.05) is 31.4 Å². The molecule has 0 saturated carbocycles. The second kappa shape index (κ2) is 7.88. The second-order valence-corrected chi connectivity index (χ2v) is 7.26. The molecule has 0 radical (unpaired) electrons. The van der Waals surface area contributed by atoms with Crippen molar-refractivity contribution in [3.05, 3.63) is 48.0 Å². The lowest BCUT2D eigenvalue weighted by Crippen LogP contribution is -2.41. The number of hydrogen-bond donors (Lipinski definition) is 1. The van der Waals surface area contributed by atoms with Crippen LogP contribution in [0.1, 0.15) is 37.2 Å². The second-order valence-electron chi connectivity index (χ2n) is 7.26. The number of rotatable bonds is 4. The van der Waals surface area contributed by atoms with Crippen molar-refractivity contribution in [3.63, 3.8) is 0 Å². The number of carbonyl (C=O) groups is 1. The normalized spacial score (nSPS) is 16.6. The number of pyridine rings is 1. The summed E-state index contributed by atoms with van der Waals surface area (Å²) in [4.78, 5) is 18.5. The topological polar surface area (TPSA) is 88.3 Å². The summed E-state index contributed by atoms with van der Waals surface area (Å²) >= 11 is 0. The maximum absolute atomic E-state index is 13.1. The van der Waals surface area contributed by atoms with Gasteiger partial charge in [-0.2, -0.15) is 17.7 Å². The van der Waals surface area contributed by atoms with Crippen LogP contribution in [0.3, 0.4) is 0 Å². The summed E-state index contributed by atoms with van der Waals surface area (Å²) in [6.45, 7) is 2.95. The lowest BCUT2D eigenvalue weighted by Gasteiger charge is -2.32. The molecule has 1 atom stereocenters. The Morgan fingerprint density at radius 2 is 1.83 bits per heavy atom. The third-order valence-electron chi connectivity index (χ3n) is 5.26. The number of amides is 1. The first kappa shape index (κ1) is 20.0. The van der Waals surface area contributed by atoms with Crippen molar-refractivity contribution < 1.29 is 18.0 Å². The highest BCUT2D eigenvalue weighted by Gasteiger charge is 2.38. The van der Waals surface area contributed by atoms with Crippen LogP contribution < -0.4 is 10.2 Å². The summed E-state index contributed by atoms with van der Waals surface area (Å²) in [5.41, 5.74) is 1.01. The zero-order valence-corrected chi connectivity index (χ0v) is 16.2. The Morgan fingerprint density at radius 3 is 2.50 bits per heavy atom. The average Bonchev–Trinajstić information content (AvgIpc) is 3.18. The standard InChI is InChI=1S/C19H20F3N7O/c1-12(13-4-8-23-9-5-13)24-17(30)14-6-10-28(11-7-14)16-3-2-15-25-26-18(19(20,21)22)29(15)27-16/h2-5,8-9,12,14H,6-7,10-11H2,1H3,(H,24,30). The van der Waals surface area contributed by atoms with Crippen LogP contribution in [0.5, 0.6) is 0 Å². The molecular weight excluding hydrogens is 399 g/mol. The molecule has 158 valence electrons. The van der Waals surface area contributed by atoms with E-state index >= 15 is 0 Å². The van der Waals surface area contributed by atoms with Gasteiger partial charge in [-0.05, 0) is 49.6 Å². The summed E-state index contributed by atoms with van der Waals surface area (Å²) in [5.74, 6) is -0.939. The van der Waals surface area contributed by atoms with Crippen LogP contribution in [0.2, 0.25) is 0 Å². The summed E-state index contributed by atoms with van der Waals surface area (Å²) in [5, 5.41) is 13.8. The number of fused-ring (bicyclic) bond motifs is 1. The first-order valence-corrected chi connectivity index (χ1v) is 9.58. The molecule has 3 aromatic heterocycles. The Bertz CT molecular complexity index is 1030. The van der Waals surface area contributed by atoms with Crippen molar-refractivity contribution in [1.29, 1.82) is 0 Å². The van der Waals surface area contributed by atoms with Gasteiger partial charge in [0.2, 0.25) is 5.91 Å². The molecule has 1 saturated heterocycles. The predicted octanol–water partition coefficient (Wildman–Crippen LogP) is 2.63. The zero-order valence-electron chi connectivity index (χ0n) is 16.2. The van der Waals surface area contributed by atoms with Crippen LogP contribution in [-0.4, -0.2) is 43.8 Å². The van der Waals surface area contributed by atoms with Crippen LogP contribution in [0.4, 0.5) is 19.0 Å². The molecular formula is C19H20F3N7O. The van der Waals surface area contributed by atoms with Crippen LogP contribution in [-0.2, 0) is 11.0 Å². The molecule has 1 N–H and O–H groups in total. The Morgan fingerprint density at radius 1 is 1.13 bits per heavy atom. The number of alkyl halides is 3. The smallest absolute Gasteiger partial charge is 0.355 e. The summed E-state index contributed by atoms with van der Waals surface area (Å²) in [6.07, 6.45) is -0.103. The van der Waals surface area contributed by atoms with Crippen LogP contribution in [0.15, 0.2) is 36.7 Å². The van der Waals surface area contributed by atoms with E-state index in [9.17, 15) is 18.0 Å². The first-order chi connectivity index (χ1) is 14.3. The average molecular weight is 419 g/mol. The Hall–Kier alpha value is -3.24. The highest BCUT2D eigenvalue weighted by molar-refractivity contribution is 5.79. The molecule has 30 heavy (non-hydrogen) atoms. The number of aromatic nitrogens is 5. The monoisotopic (exact) mass is 419 g/mol. The SMILES string of the molecule is CC(NC(=O)C1CCN(c2ccc3nnc(C(F)(F)F)n3n2)CC1)c1ccncc1. The predicted molar refractivity (Wildman–Crippen MR) is 102 cm³/mol. The number of piperidine rings is 1. The maximum Gasteiger partial charge on any atom is 0.453 e. The largest absolute Gasteiger partial charge is 0.453 e. The Balaban J connectivity index is 1.40. The van der Waals surface area contributed by atoms with Crippen molar-refractivity contribution in [2.45, 2.75) is 32.0 Å². The van der Waals surface area contributed by atoms with Crippen molar-refractivity contribution in [2.24, 2.45) is 5.92 Å². The van der Waals surface area contributed by atoms with Gasteiger partial charge in [0.1, 0.15) is 5.82 Å². The number of carbonyl (C=O) groups excluding carboxylic acids is 1. The van der Waals surface area contributed by atoms with E-state index in [0.29, 0.717) is 36.3 Å². The highest BCUT2D eigenvalue weighted by atomic mass is 19.4. The Labute approximate surface area is 170 Å². The van der Waals surface area contributed by atoms with E-state index in [4.69, 9.17) is 0 Å². The maximum atomic E-state index is 13.1. The van der Waals surface area contributed by atoms with Gasteiger partial charge in [-0.3, -0.25) is 9.78 Å². The highest BCUT2D eigenvalue weighted by Crippen LogP contribution is 2.29. The third-order valence-corrected chi connectivity index (χ3v) is 5.26. The minimum Gasteiger partial charge on any atom is -0.355 e. The van der Waals surface area contributed by atoms with Crippen molar-refractivity contribution >= 4 is 17.4 Å². The van der Waals surface area contributed by atoms with E-state index in [1.807, 2.05) is 24.0 Å². The molecule has 1 aliphatic rings. The lowest BCUT2D eigenvalue weighted by molar-refractivity contribution is -0.146. The van der Waals surface area contributed by atoms with Gasteiger partial charge >= 0.3 is 6.18 Å². The first-order valence-electron chi connectivity index (χ1n) is 9.58. The van der Waals surface area contributed by atoms with Gasteiger partial charge < -0.3 is 10.2 Å². The van der Waals surface area contributed by atoms with E-state index in [-0.39, 0.29) is 23.5 Å². The van der Waals surface area contributed by atoms with Crippen molar-refractivity contribution in [2.75, 3.05) is 18.0 Å². The number of halogens is 3. The van der Waals surface area contributed by atoms with Crippen LogP contribution in [0, 0.1) is 5.92 Å². The molecule has 1 amide bonds. The molecule has 1 fully saturated rings. The van der Waals surface area contributed by atoms with Gasteiger partial charge in [-0.15, -0.1) is 15.3 Å². The van der Waals surface area contributed by atoms with Gasteiger partial charge in [-0.25, -0.2) is 0 Å². The minimum absolute atomic E-state index is 0.0273. The zero-order chi connectivity index (χ0) is 21.3. The number of nitrogens with zero attached hydrogens (tertiary/aromatic N) is 6. The fourth-order valence-corrected chi connectivity index (χ4v) is 3.56. The van der Waals surface area contributed by atoms with Gasteiger partial charge in [0.25, 0.3) is 5.82 Å². The quantitative estimate of drug-likeness (QED) is 0.700. The third kappa shape index (κ3) is 4.05. The molecule has 1 unspecified atom stereocenters. The summed E-state index contributed by atoms with van der Waals surface area (Å²) in [7, 11) is 0. The fourth-order valence-electron chi connectivity index (χ4n) is 3.56. The number of hydrogen-bond acceptors (Lipinski definition) is 6. The summed E-state index contributed by atoms with van der Waals surface area (Å²) in [6, 6.07) is 6.66. The fraction of sp³-hybridized carbons (Fsp3) is 0.421. The number of nitrogens with one attached hydrogen (secondary N) is 1. The van der Waals surface area contributed by atoms with E-state index in [0.717, 1.165) is 5.56 Å².